The van der Waals surface area contributed by atoms with E-state index in [1.165, 1.54) is 10.6 Å². The molecule has 4 rings (SSSR count). The zero-order valence-electron chi connectivity index (χ0n) is 15.9. The first-order valence-electron chi connectivity index (χ1n) is 9.31. The Bertz CT molecular complexity index is 1180. The van der Waals surface area contributed by atoms with E-state index in [9.17, 15) is 9.59 Å². The standard InChI is InChI=1S/C20H19N7O3/c28-18-8-4-5-13-26(18)14-16-9-10-17(30-16)19(29)21-11-12-22-20-23-24-25-27(20)15-6-2-1-3-7-15/h1-10,13H,11-12,14H2,(H,21,29)(H,22,23,25). The molecule has 0 aliphatic rings. The first kappa shape index (κ1) is 19.1. The lowest BCUT2D eigenvalue weighted by atomic mass is 10.3. The molecular weight excluding hydrogens is 386 g/mol. The number of carbonyl (C=O) groups is 1. The van der Waals surface area contributed by atoms with E-state index >= 15 is 0 Å². The van der Waals surface area contributed by atoms with E-state index in [0.717, 1.165) is 5.69 Å². The molecule has 3 heterocycles. The number of carbonyl (C=O) groups excluding carboxylic acids is 1. The number of pyridine rings is 1. The summed E-state index contributed by atoms with van der Waals surface area (Å²) in [7, 11) is 0. The number of para-hydroxylation sites is 1. The number of benzene rings is 1. The maximum Gasteiger partial charge on any atom is 0.287 e. The Balaban J connectivity index is 1.28. The van der Waals surface area contributed by atoms with Crippen LogP contribution in [0.2, 0.25) is 0 Å². The van der Waals surface area contributed by atoms with Crippen molar-refractivity contribution in [1.82, 2.24) is 30.1 Å². The van der Waals surface area contributed by atoms with Crippen molar-refractivity contribution in [2.45, 2.75) is 6.54 Å². The summed E-state index contributed by atoms with van der Waals surface area (Å²) in [5, 5.41) is 17.4. The summed E-state index contributed by atoms with van der Waals surface area (Å²) in [6.07, 6.45) is 1.67. The monoisotopic (exact) mass is 405 g/mol. The van der Waals surface area contributed by atoms with Crippen molar-refractivity contribution in [1.29, 1.82) is 0 Å². The van der Waals surface area contributed by atoms with Gasteiger partial charge in [0, 0.05) is 25.4 Å². The number of tetrazole rings is 1. The summed E-state index contributed by atoms with van der Waals surface area (Å²) in [4.78, 5) is 24.1. The molecule has 0 atom stereocenters. The Morgan fingerprint density at radius 1 is 1.00 bits per heavy atom. The van der Waals surface area contributed by atoms with E-state index in [0.29, 0.717) is 24.8 Å². The van der Waals surface area contributed by atoms with Crippen molar-refractivity contribution in [2.75, 3.05) is 18.4 Å². The minimum atomic E-state index is -0.342. The third-order valence-corrected chi connectivity index (χ3v) is 4.27. The topological polar surface area (TPSA) is 120 Å². The first-order valence-corrected chi connectivity index (χ1v) is 9.31. The lowest BCUT2D eigenvalue weighted by Gasteiger charge is -2.07. The number of amides is 1. The maximum atomic E-state index is 12.3. The molecule has 1 amide bonds. The third kappa shape index (κ3) is 4.43. The van der Waals surface area contributed by atoms with Crippen LogP contribution in [0.5, 0.6) is 0 Å². The summed E-state index contributed by atoms with van der Waals surface area (Å²) in [6.45, 7) is 1.03. The van der Waals surface area contributed by atoms with Crippen LogP contribution in [0.25, 0.3) is 5.69 Å². The van der Waals surface area contributed by atoms with Gasteiger partial charge in [-0.15, -0.1) is 0 Å². The van der Waals surface area contributed by atoms with Gasteiger partial charge in [0.2, 0.25) is 5.95 Å². The van der Waals surface area contributed by atoms with Crippen molar-refractivity contribution in [3.8, 4) is 5.69 Å². The van der Waals surface area contributed by atoms with E-state index in [1.54, 1.807) is 35.1 Å². The Morgan fingerprint density at radius 3 is 2.67 bits per heavy atom. The Morgan fingerprint density at radius 2 is 1.83 bits per heavy atom. The Kier molecular flexibility index (Phi) is 5.65. The zero-order valence-corrected chi connectivity index (χ0v) is 15.9. The van der Waals surface area contributed by atoms with Crippen molar-refractivity contribution in [3.05, 3.63) is 88.7 Å². The van der Waals surface area contributed by atoms with Crippen LogP contribution in [0.1, 0.15) is 16.3 Å². The first-order chi connectivity index (χ1) is 14.7. The van der Waals surface area contributed by atoms with Gasteiger partial charge in [0.15, 0.2) is 5.76 Å². The van der Waals surface area contributed by atoms with E-state index in [2.05, 4.69) is 26.2 Å². The minimum Gasteiger partial charge on any atom is -0.454 e. The number of nitrogens with zero attached hydrogens (tertiary/aromatic N) is 5. The van der Waals surface area contributed by atoms with Crippen molar-refractivity contribution in [2.24, 2.45) is 0 Å². The number of hydrogen-bond acceptors (Lipinski definition) is 7. The van der Waals surface area contributed by atoms with Gasteiger partial charge in [-0.1, -0.05) is 29.4 Å². The van der Waals surface area contributed by atoms with Crippen LogP contribution in [0.4, 0.5) is 5.95 Å². The SMILES string of the molecule is O=C(NCCNc1nnnn1-c1ccccc1)c1ccc(Cn2ccccc2=O)o1. The molecule has 0 fully saturated rings. The Hall–Kier alpha value is -4.21. The molecule has 0 aliphatic heterocycles. The summed E-state index contributed by atoms with van der Waals surface area (Å²) in [5.74, 6) is 0.840. The molecule has 3 aromatic heterocycles. The lowest BCUT2D eigenvalue weighted by Crippen LogP contribution is -2.29. The molecule has 30 heavy (non-hydrogen) atoms. The second-order valence-corrected chi connectivity index (χ2v) is 6.37. The fourth-order valence-electron chi connectivity index (χ4n) is 2.82. The molecule has 0 bridgehead atoms. The van der Waals surface area contributed by atoms with Gasteiger partial charge in [0.25, 0.3) is 11.5 Å². The number of hydrogen-bond donors (Lipinski definition) is 2. The van der Waals surface area contributed by atoms with Gasteiger partial charge in [-0.05, 0) is 40.8 Å². The van der Waals surface area contributed by atoms with E-state index < -0.39 is 0 Å². The summed E-state index contributed by atoms with van der Waals surface area (Å²) < 4.78 is 8.63. The molecule has 1 aromatic carbocycles. The fourth-order valence-corrected chi connectivity index (χ4v) is 2.82. The minimum absolute atomic E-state index is 0.135. The second-order valence-electron chi connectivity index (χ2n) is 6.37. The van der Waals surface area contributed by atoms with Gasteiger partial charge in [-0.3, -0.25) is 9.59 Å². The predicted octanol–water partition coefficient (Wildman–Crippen LogP) is 1.31. The van der Waals surface area contributed by atoms with Crippen LogP contribution < -0.4 is 16.2 Å². The van der Waals surface area contributed by atoms with Gasteiger partial charge in [-0.25, -0.2) is 0 Å². The fraction of sp³-hybridized carbons (Fsp3) is 0.150. The molecular formula is C20H19N7O3. The smallest absolute Gasteiger partial charge is 0.287 e. The van der Waals surface area contributed by atoms with E-state index in [-0.39, 0.29) is 23.8 Å². The molecule has 10 heteroatoms. The zero-order chi connectivity index (χ0) is 20.8. The molecule has 0 radical (unpaired) electrons. The van der Waals surface area contributed by atoms with E-state index in [1.807, 2.05) is 30.3 Å². The van der Waals surface area contributed by atoms with Crippen LogP contribution >= 0.6 is 0 Å². The largest absolute Gasteiger partial charge is 0.454 e. The lowest BCUT2D eigenvalue weighted by molar-refractivity contribution is 0.0925. The molecule has 0 saturated heterocycles. The van der Waals surface area contributed by atoms with Crippen LogP contribution in [0.15, 0.2) is 76.1 Å². The number of nitrogens with one attached hydrogen (secondary N) is 2. The summed E-state index contributed by atoms with van der Waals surface area (Å²) >= 11 is 0. The average molecular weight is 405 g/mol. The van der Waals surface area contributed by atoms with Gasteiger partial charge in [0.1, 0.15) is 5.76 Å². The Labute approximate surface area is 171 Å². The number of aromatic nitrogens is 5. The normalized spacial score (nSPS) is 10.7. The summed E-state index contributed by atoms with van der Waals surface area (Å²) in [5.41, 5.74) is 0.693. The highest BCUT2D eigenvalue weighted by Crippen LogP contribution is 2.10. The third-order valence-electron chi connectivity index (χ3n) is 4.27. The predicted molar refractivity (Wildman–Crippen MR) is 108 cm³/mol. The van der Waals surface area contributed by atoms with Crippen molar-refractivity contribution >= 4 is 11.9 Å². The molecule has 0 spiro atoms. The van der Waals surface area contributed by atoms with Crippen LogP contribution in [0.3, 0.4) is 0 Å². The van der Waals surface area contributed by atoms with Crippen LogP contribution in [-0.2, 0) is 6.54 Å². The average Bonchev–Trinajstić information content (AvgIpc) is 3.43. The second kappa shape index (κ2) is 8.86. The summed E-state index contributed by atoms with van der Waals surface area (Å²) in [6, 6.07) is 17.7. The van der Waals surface area contributed by atoms with E-state index in [4.69, 9.17) is 4.42 Å². The van der Waals surface area contributed by atoms with Crippen molar-refractivity contribution < 1.29 is 9.21 Å². The van der Waals surface area contributed by atoms with Gasteiger partial charge in [0.05, 0.1) is 12.2 Å². The molecule has 0 aliphatic carbocycles. The maximum absolute atomic E-state index is 12.3. The van der Waals surface area contributed by atoms with Gasteiger partial charge >= 0.3 is 0 Å². The quantitative estimate of drug-likeness (QED) is 0.424. The molecule has 0 unspecified atom stereocenters. The number of anilines is 1. The van der Waals surface area contributed by atoms with Crippen LogP contribution in [-0.4, -0.2) is 43.8 Å². The van der Waals surface area contributed by atoms with Gasteiger partial charge in [-0.2, -0.15) is 4.68 Å². The van der Waals surface area contributed by atoms with Gasteiger partial charge < -0.3 is 19.6 Å². The molecule has 4 aromatic rings. The highest BCUT2D eigenvalue weighted by molar-refractivity contribution is 5.91. The number of rotatable bonds is 8. The van der Waals surface area contributed by atoms with Crippen molar-refractivity contribution in [3.63, 3.8) is 0 Å². The molecule has 152 valence electrons. The molecule has 2 N–H and O–H groups in total. The number of furan rings is 1. The highest BCUT2D eigenvalue weighted by atomic mass is 16.4. The van der Waals surface area contributed by atoms with Crippen LogP contribution in [0, 0.1) is 0 Å². The molecule has 0 saturated carbocycles. The highest BCUT2D eigenvalue weighted by Gasteiger charge is 2.12. The molecule has 10 nitrogen and oxygen atoms in total.